The van der Waals surface area contributed by atoms with Gasteiger partial charge in [-0.05, 0) is 42.0 Å². The van der Waals surface area contributed by atoms with Gasteiger partial charge >= 0.3 is 0 Å². The van der Waals surface area contributed by atoms with Gasteiger partial charge < -0.3 is 0 Å². The van der Waals surface area contributed by atoms with Gasteiger partial charge in [0.2, 0.25) is 0 Å². The lowest BCUT2D eigenvalue weighted by Gasteiger charge is -2.34. The molecule has 0 aliphatic carbocycles. The summed E-state index contributed by atoms with van der Waals surface area (Å²) in [6.45, 7) is 0.982. The Labute approximate surface area is 148 Å². The normalized spacial score (nSPS) is 22.5. The van der Waals surface area contributed by atoms with Crippen molar-refractivity contribution in [3.8, 4) is 6.07 Å². The zero-order valence-electron chi connectivity index (χ0n) is 14.2. The monoisotopic (exact) mass is 332 g/mol. The molecule has 4 rings (SSSR count). The van der Waals surface area contributed by atoms with Gasteiger partial charge in [0.25, 0.3) is 0 Å². The van der Waals surface area contributed by atoms with Crippen LogP contribution in [0.3, 0.4) is 0 Å². The van der Waals surface area contributed by atoms with Gasteiger partial charge in [0.15, 0.2) is 0 Å². The fraction of sp³-hybridized carbons (Fsp3) is 0.318. The van der Waals surface area contributed by atoms with Crippen LogP contribution in [-0.2, 0) is 13.0 Å². The zero-order valence-corrected chi connectivity index (χ0v) is 14.2. The van der Waals surface area contributed by atoms with Crippen LogP contribution in [0.25, 0.3) is 5.57 Å². The second kappa shape index (κ2) is 6.82. The van der Waals surface area contributed by atoms with Crippen LogP contribution >= 0.6 is 0 Å². The van der Waals surface area contributed by atoms with E-state index in [0.29, 0.717) is 17.6 Å². The van der Waals surface area contributed by atoms with Gasteiger partial charge in [0.1, 0.15) is 5.82 Å². The zero-order chi connectivity index (χ0) is 17.2. The maximum Gasteiger partial charge on any atom is 0.128 e. The lowest BCUT2D eigenvalue weighted by molar-refractivity contribution is 0.203. The molecule has 2 nitrogen and oxygen atoms in total. The van der Waals surface area contributed by atoms with Crippen LogP contribution in [0.5, 0.6) is 0 Å². The number of nitriles is 1. The minimum Gasteiger partial charge on any atom is -0.289 e. The predicted molar refractivity (Wildman–Crippen MR) is 97.1 cm³/mol. The van der Waals surface area contributed by atoms with Crippen LogP contribution in [-0.4, -0.2) is 17.0 Å². The van der Waals surface area contributed by atoms with Gasteiger partial charge in [-0.3, -0.25) is 4.90 Å². The Morgan fingerprint density at radius 2 is 1.96 bits per heavy atom. The summed E-state index contributed by atoms with van der Waals surface area (Å²) >= 11 is 0. The van der Waals surface area contributed by atoms with Crippen LogP contribution in [0.15, 0.2) is 54.6 Å². The van der Waals surface area contributed by atoms with Gasteiger partial charge in [0.05, 0.1) is 12.5 Å². The third kappa shape index (κ3) is 3.23. The molecule has 1 saturated heterocycles. The van der Waals surface area contributed by atoms with Crippen molar-refractivity contribution in [3.63, 3.8) is 0 Å². The molecule has 126 valence electrons. The van der Waals surface area contributed by atoms with E-state index in [1.54, 1.807) is 12.1 Å². The third-order valence-corrected chi connectivity index (χ3v) is 5.44. The molecule has 0 amide bonds. The van der Waals surface area contributed by atoms with Gasteiger partial charge in [-0.15, -0.1) is 0 Å². The van der Waals surface area contributed by atoms with E-state index >= 15 is 0 Å². The molecule has 0 N–H and O–H groups in total. The van der Waals surface area contributed by atoms with E-state index in [4.69, 9.17) is 5.26 Å². The van der Waals surface area contributed by atoms with E-state index < -0.39 is 0 Å². The largest absolute Gasteiger partial charge is 0.289 e. The highest BCUT2D eigenvalue weighted by Crippen LogP contribution is 2.39. The molecule has 1 fully saturated rings. The second-order valence-corrected chi connectivity index (χ2v) is 6.99. The number of hydrogen-bond acceptors (Lipinski definition) is 2. The highest BCUT2D eigenvalue weighted by molar-refractivity contribution is 5.68. The SMILES string of the molecule is N#CCc1ccc(C2=CC3CCC(C2)N3Cc2ccccc2)cc1F. The van der Waals surface area contributed by atoms with Crippen LogP contribution < -0.4 is 0 Å². The number of benzene rings is 2. The average molecular weight is 332 g/mol. The molecule has 2 unspecified atom stereocenters. The van der Waals surface area contributed by atoms with Crippen LogP contribution in [0, 0.1) is 17.1 Å². The van der Waals surface area contributed by atoms with E-state index in [9.17, 15) is 4.39 Å². The summed E-state index contributed by atoms with van der Waals surface area (Å²) < 4.78 is 14.2. The Morgan fingerprint density at radius 3 is 2.68 bits per heavy atom. The van der Waals surface area contributed by atoms with E-state index in [0.717, 1.165) is 18.5 Å². The first kappa shape index (κ1) is 16.1. The lowest BCUT2D eigenvalue weighted by Crippen LogP contribution is -2.37. The van der Waals surface area contributed by atoms with Gasteiger partial charge in [-0.1, -0.05) is 48.5 Å². The topological polar surface area (TPSA) is 27.0 Å². The summed E-state index contributed by atoms with van der Waals surface area (Å²) in [7, 11) is 0. The van der Waals surface area contributed by atoms with Crippen molar-refractivity contribution >= 4 is 5.57 Å². The molecule has 2 bridgehead atoms. The third-order valence-electron chi connectivity index (χ3n) is 5.44. The molecular formula is C22H21FN2. The van der Waals surface area contributed by atoms with Crippen molar-refractivity contribution in [2.45, 2.75) is 44.3 Å². The Balaban J connectivity index is 1.55. The molecule has 2 aliphatic heterocycles. The molecule has 25 heavy (non-hydrogen) atoms. The van der Waals surface area contributed by atoms with Gasteiger partial charge in [-0.2, -0.15) is 5.26 Å². The molecule has 2 aromatic carbocycles. The van der Waals surface area contributed by atoms with Crippen molar-refractivity contribution in [1.29, 1.82) is 5.26 Å². The number of halogens is 1. The molecule has 2 aliphatic rings. The van der Waals surface area contributed by atoms with Crippen LogP contribution in [0.2, 0.25) is 0 Å². The smallest absolute Gasteiger partial charge is 0.128 e. The van der Waals surface area contributed by atoms with Crippen molar-refractivity contribution in [2.24, 2.45) is 0 Å². The van der Waals surface area contributed by atoms with Gasteiger partial charge in [-0.25, -0.2) is 4.39 Å². The minimum absolute atomic E-state index is 0.126. The predicted octanol–water partition coefficient (Wildman–Crippen LogP) is 4.71. The first-order valence-electron chi connectivity index (χ1n) is 8.90. The average Bonchev–Trinajstić information content (AvgIpc) is 2.86. The minimum atomic E-state index is -0.265. The lowest BCUT2D eigenvalue weighted by atomic mass is 9.93. The Hall–Kier alpha value is -2.44. The fourth-order valence-electron chi connectivity index (χ4n) is 4.15. The molecule has 0 spiro atoms. The van der Waals surface area contributed by atoms with E-state index in [1.807, 2.05) is 12.1 Å². The molecule has 0 aromatic heterocycles. The summed E-state index contributed by atoms with van der Waals surface area (Å²) in [4.78, 5) is 2.58. The highest BCUT2D eigenvalue weighted by atomic mass is 19.1. The van der Waals surface area contributed by atoms with Gasteiger partial charge in [0, 0.05) is 24.2 Å². The summed E-state index contributed by atoms with van der Waals surface area (Å²) in [5.74, 6) is -0.265. The molecule has 3 heteroatoms. The fourth-order valence-corrected chi connectivity index (χ4v) is 4.15. The highest BCUT2D eigenvalue weighted by Gasteiger charge is 2.36. The molecule has 0 saturated carbocycles. The Bertz CT molecular complexity index is 835. The molecule has 2 aromatic rings. The van der Waals surface area contributed by atoms with E-state index in [1.165, 1.54) is 24.0 Å². The maximum absolute atomic E-state index is 14.2. The molecule has 2 heterocycles. The summed E-state index contributed by atoms with van der Waals surface area (Å²) in [5, 5.41) is 8.76. The Kier molecular flexibility index (Phi) is 4.38. The standard InChI is InChI=1S/C22H21FN2/c23-22-14-18(7-6-17(22)10-11-24)19-12-20-8-9-21(13-19)25(20)15-16-4-2-1-3-5-16/h1-7,12,14,20-21H,8-10,13,15H2. The number of nitrogens with zero attached hydrogens (tertiary/aromatic N) is 2. The molecule has 0 radical (unpaired) electrons. The van der Waals surface area contributed by atoms with Crippen molar-refractivity contribution in [1.82, 2.24) is 4.90 Å². The van der Waals surface area contributed by atoms with Crippen LogP contribution in [0.4, 0.5) is 4.39 Å². The Morgan fingerprint density at radius 1 is 1.12 bits per heavy atom. The summed E-state index contributed by atoms with van der Waals surface area (Å²) in [5.41, 5.74) is 4.05. The second-order valence-electron chi connectivity index (χ2n) is 6.99. The maximum atomic E-state index is 14.2. The molecular weight excluding hydrogens is 311 g/mol. The molecule has 2 atom stereocenters. The summed E-state index contributed by atoms with van der Waals surface area (Å²) in [6, 6.07) is 18.9. The number of fused-ring (bicyclic) bond motifs is 2. The van der Waals surface area contributed by atoms with Crippen molar-refractivity contribution < 1.29 is 4.39 Å². The van der Waals surface area contributed by atoms with E-state index in [-0.39, 0.29) is 12.2 Å². The van der Waals surface area contributed by atoms with Crippen molar-refractivity contribution in [2.75, 3.05) is 0 Å². The number of hydrogen-bond donors (Lipinski definition) is 0. The van der Waals surface area contributed by atoms with Crippen molar-refractivity contribution in [3.05, 3.63) is 77.1 Å². The quantitative estimate of drug-likeness (QED) is 0.810. The number of rotatable bonds is 4. The first-order chi connectivity index (χ1) is 12.2. The first-order valence-corrected chi connectivity index (χ1v) is 8.90. The summed E-state index contributed by atoms with van der Waals surface area (Å²) in [6.07, 6.45) is 5.80. The van der Waals surface area contributed by atoms with Crippen LogP contribution in [0.1, 0.15) is 36.0 Å². The van der Waals surface area contributed by atoms with E-state index in [2.05, 4.69) is 41.3 Å².